The molecule has 0 saturated heterocycles. The van der Waals surface area contributed by atoms with Crippen molar-refractivity contribution in [3.05, 3.63) is 121 Å². The van der Waals surface area contributed by atoms with Gasteiger partial charge in [-0.25, -0.2) is 4.98 Å². The first-order chi connectivity index (χ1) is 17.6. The Hall–Kier alpha value is -4.33. The molecule has 2 aromatic heterocycles. The molecule has 0 bridgehead atoms. The summed E-state index contributed by atoms with van der Waals surface area (Å²) in [7, 11) is 0. The Morgan fingerprint density at radius 1 is 1.16 bits per heavy atom. The number of aliphatic imine (C=N–C) groups is 1. The minimum atomic E-state index is -4.35. The lowest BCUT2D eigenvalue weighted by Gasteiger charge is -2.28. The second kappa shape index (κ2) is 10.7. The lowest BCUT2D eigenvalue weighted by atomic mass is 10.0. The summed E-state index contributed by atoms with van der Waals surface area (Å²) in [6.45, 7) is 15.8. The van der Waals surface area contributed by atoms with Crippen LogP contribution in [0.1, 0.15) is 23.6 Å². The lowest BCUT2D eigenvalue weighted by Crippen LogP contribution is -2.26. The van der Waals surface area contributed by atoms with Gasteiger partial charge in [0.05, 0.1) is 18.7 Å². The molecule has 8 heteroatoms. The van der Waals surface area contributed by atoms with Gasteiger partial charge in [0, 0.05) is 58.8 Å². The van der Waals surface area contributed by atoms with Gasteiger partial charge in [-0.2, -0.15) is 13.2 Å². The lowest BCUT2D eigenvalue weighted by molar-refractivity contribution is -0.137. The molecular weight excluding hydrogens is 475 g/mol. The maximum absolute atomic E-state index is 12.8. The highest BCUT2D eigenvalue weighted by molar-refractivity contribution is 5.91. The number of pyridine rings is 1. The third-order valence-electron chi connectivity index (χ3n) is 6.08. The third-order valence-corrected chi connectivity index (χ3v) is 6.08. The molecular formula is C29H28F3N5. The maximum Gasteiger partial charge on any atom is 0.416 e. The Bertz CT molecular complexity index is 1420. The van der Waals surface area contributed by atoms with Crippen molar-refractivity contribution in [3.63, 3.8) is 0 Å². The summed E-state index contributed by atoms with van der Waals surface area (Å²) < 4.78 is 38.5. The Balaban J connectivity index is 1.31. The van der Waals surface area contributed by atoms with E-state index in [2.05, 4.69) is 40.0 Å². The number of nitrogens with one attached hydrogen (secondary N) is 2. The van der Waals surface area contributed by atoms with Crippen molar-refractivity contribution in [3.8, 4) is 0 Å². The predicted octanol–water partition coefficient (Wildman–Crippen LogP) is 6.63. The minimum absolute atomic E-state index is 0.393. The van der Waals surface area contributed by atoms with Crippen molar-refractivity contribution >= 4 is 22.3 Å². The molecule has 1 aliphatic heterocycles. The number of aromatic amines is 1. The molecule has 190 valence electrons. The van der Waals surface area contributed by atoms with Gasteiger partial charge in [0.25, 0.3) is 0 Å². The Labute approximate surface area is 214 Å². The van der Waals surface area contributed by atoms with Gasteiger partial charge in [-0.1, -0.05) is 31.9 Å². The minimum Gasteiger partial charge on any atom is -0.380 e. The summed E-state index contributed by atoms with van der Waals surface area (Å²) >= 11 is 0. The van der Waals surface area contributed by atoms with Crippen molar-refractivity contribution in [2.75, 3.05) is 13.1 Å². The number of nitrogens with zero attached hydrogens (tertiary/aromatic N) is 3. The van der Waals surface area contributed by atoms with E-state index >= 15 is 0 Å². The van der Waals surface area contributed by atoms with Crippen LogP contribution in [0, 0.1) is 0 Å². The molecule has 0 aliphatic carbocycles. The van der Waals surface area contributed by atoms with Crippen LogP contribution in [0.15, 0.2) is 109 Å². The quantitative estimate of drug-likeness (QED) is 0.322. The van der Waals surface area contributed by atoms with Gasteiger partial charge in [-0.3, -0.25) is 4.99 Å². The molecule has 3 aromatic rings. The number of rotatable bonds is 9. The van der Waals surface area contributed by atoms with E-state index < -0.39 is 11.7 Å². The standard InChI is InChI=1S/C29H28F3N5/c1-19(27-17-36-28-26(27)7-5-13-33-28)15-34-20(2)16-35-21(3)25-8-6-14-37(22(25)4)18-23-9-11-24(12-10-23)29(30,31)32/h5-14,17,35H,1,3-4,15-16,18H2,2H3,(H,33,36). The highest BCUT2D eigenvalue weighted by Crippen LogP contribution is 2.30. The number of hydrogen-bond donors (Lipinski definition) is 2. The first-order valence-corrected chi connectivity index (χ1v) is 11.7. The van der Waals surface area contributed by atoms with E-state index in [4.69, 9.17) is 0 Å². The summed E-state index contributed by atoms with van der Waals surface area (Å²) in [5.41, 5.74) is 5.88. The molecule has 2 N–H and O–H groups in total. The summed E-state index contributed by atoms with van der Waals surface area (Å²) in [5.74, 6) is 0. The van der Waals surface area contributed by atoms with Crippen LogP contribution in [0.5, 0.6) is 0 Å². The number of hydrogen-bond acceptors (Lipinski definition) is 4. The van der Waals surface area contributed by atoms with Crippen LogP contribution in [0.4, 0.5) is 13.2 Å². The van der Waals surface area contributed by atoms with Crippen LogP contribution in [0.25, 0.3) is 16.6 Å². The molecule has 0 spiro atoms. The predicted molar refractivity (Wildman–Crippen MR) is 144 cm³/mol. The van der Waals surface area contributed by atoms with Crippen molar-refractivity contribution in [2.45, 2.75) is 19.6 Å². The molecule has 1 aliphatic rings. The molecule has 1 aromatic carbocycles. The molecule has 0 fully saturated rings. The van der Waals surface area contributed by atoms with Gasteiger partial charge >= 0.3 is 6.18 Å². The second-order valence-corrected chi connectivity index (χ2v) is 8.78. The van der Waals surface area contributed by atoms with E-state index in [0.29, 0.717) is 31.0 Å². The zero-order valence-corrected chi connectivity index (χ0v) is 20.6. The molecule has 0 amide bonds. The topological polar surface area (TPSA) is 56.3 Å². The Kier molecular flexibility index (Phi) is 7.47. The van der Waals surface area contributed by atoms with Gasteiger partial charge in [0.2, 0.25) is 0 Å². The van der Waals surface area contributed by atoms with Crippen LogP contribution in [0.3, 0.4) is 0 Å². The molecule has 37 heavy (non-hydrogen) atoms. The largest absolute Gasteiger partial charge is 0.416 e. The summed E-state index contributed by atoms with van der Waals surface area (Å²) in [6.07, 6.45) is 4.90. The van der Waals surface area contributed by atoms with Gasteiger partial charge < -0.3 is 15.2 Å². The zero-order chi connectivity index (χ0) is 26.6. The summed E-state index contributed by atoms with van der Waals surface area (Å²) in [4.78, 5) is 14.0. The van der Waals surface area contributed by atoms with E-state index in [1.165, 1.54) is 12.1 Å². The van der Waals surface area contributed by atoms with Crippen molar-refractivity contribution in [2.24, 2.45) is 4.99 Å². The number of benzene rings is 1. The normalized spacial score (nSPS) is 14.2. The van der Waals surface area contributed by atoms with E-state index in [0.717, 1.165) is 51.2 Å². The van der Waals surface area contributed by atoms with Gasteiger partial charge in [0.1, 0.15) is 5.65 Å². The molecule has 0 saturated carbocycles. The van der Waals surface area contributed by atoms with E-state index in [-0.39, 0.29) is 0 Å². The number of allylic oxidation sites excluding steroid dienone is 2. The van der Waals surface area contributed by atoms with Crippen LogP contribution in [0.2, 0.25) is 0 Å². The molecule has 0 radical (unpaired) electrons. The van der Waals surface area contributed by atoms with Crippen LogP contribution in [-0.4, -0.2) is 33.7 Å². The highest BCUT2D eigenvalue weighted by atomic mass is 19.4. The average molecular weight is 504 g/mol. The van der Waals surface area contributed by atoms with Crippen molar-refractivity contribution < 1.29 is 13.2 Å². The van der Waals surface area contributed by atoms with Gasteiger partial charge in [0.15, 0.2) is 0 Å². The van der Waals surface area contributed by atoms with Crippen LogP contribution >= 0.6 is 0 Å². The molecule has 0 atom stereocenters. The monoisotopic (exact) mass is 503 g/mol. The number of alkyl halides is 3. The maximum atomic E-state index is 12.8. The fourth-order valence-corrected chi connectivity index (χ4v) is 3.95. The van der Waals surface area contributed by atoms with Crippen LogP contribution in [-0.2, 0) is 12.7 Å². The van der Waals surface area contributed by atoms with Crippen molar-refractivity contribution in [1.82, 2.24) is 20.2 Å². The first kappa shape index (κ1) is 25.8. The fraction of sp³-hybridized carbons (Fsp3) is 0.172. The number of aromatic nitrogens is 2. The van der Waals surface area contributed by atoms with Crippen molar-refractivity contribution in [1.29, 1.82) is 0 Å². The van der Waals surface area contributed by atoms with E-state index in [9.17, 15) is 13.2 Å². The molecule has 3 heterocycles. The highest BCUT2D eigenvalue weighted by Gasteiger charge is 2.30. The van der Waals surface area contributed by atoms with Crippen LogP contribution < -0.4 is 5.32 Å². The molecule has 4 rings (SSSR count). The Morgan fingerprint density at radius 2 is 1.92 bits per heavy atom. The van der Waals surface area contributed by atoms with E-state index in [1.807, 2.05) is 48.5 Å². The molecule has 0 unspecified atom stereocenters. The number of halogens is 3. The summed E-state index contributed by atoms with van der Waals surface area (Å²) in [6, 6.07) is 9.04. The summed E-state index contributed by atoms with van der Waals surface area (Å²) in [5, 5.41) is 4.31. The Morgan fingerprint density at radius 3 is 2.65 bits per heavy atom. The van der Waals surface area contributed by atoms with Gasteiger partial charge in [-0.15, -0.1) is 0 Å². The van der Waals surface area contributed by atoms with Gasteiger partial charge in [-0.05, 0) is 54.5 Å². The number of fused-ring (bicyclic) bond motifs is 1. The zero-order valence-electron chi connectivity index (χ0n) is 20.6. The molecule has 5 nitrogen and oxygen atoms in total. The smallest absolute Gasteiger partial charge is 0.380 e. The second-order valence-electron chi connectivity index (χ2n) is 8.78. The SMILES string of the molecule is C=C(NCC(C)=NCC(=C)c1c[nH]c2ncccc12)C1=CC=CN(Cc2ccc(C(F)(F)F)cc2)C1=C. The number of H-pyrrole nitrogens is 1. The van der Waals surface area contributed by atoms with E-state index in [1.54, 1.807) is 6.20 Å². The first-order valence-electron chi connectivity index (χ1n) is 11.7. The average Bonchev–Trinajstić information content (AvgIpc) is 3.31. The fourth-order valence-electron chi connectivity index (χ4n) is 3.95. The third kappa shape index (κ3) is 6.09.